The first-order valence-corrected chi connectivity index (χ1v) is 10.5. The molecule has 1 saturated heterocycles. The highest BCUT2D eigenvalue weighted by molar-refractivity contribution is 9.10. The second kappa shape index (κ2) is 9.69. The number of carbonyl (C=O) groups excluding carboxylic acids is 3. The SMILES string of the molecule is CCC(NC(=O)CNC(=O)c1ccc(N2CCCC2=O)cc1)c1ccc(Br)cc1. The molecule has 1 unspecified atom stereocenters. The molecule has 0 saturated carbocycles. The summed E-state index contributed by atoms with van der Waals surface area (Å²) in [7, 11) is 0. The average Bonchev–Trinajstić information content (AvgIpc) is 3.17. The van der Waals surface area contributed by atoms with Crippen molar-refractivity contribution in [1.29, 1.82) is 0 Å². The van der Waals surface area contributed by atoms with Crippen LogP contribution in [0.25, 0.3) is 0 Å². The van der Waals surface area contributed by atoms with Gasteiger partial charge in [-0.1, -0.05) is 35.0 Å². The van der Waals surface area contributed by atoms with Gasteiger partial charge in [-0.2, -0.15) is 0 Å². The Morgan fingerprint density at radius 1 is 1.10 bits per heavy atom. The van der Waals surface area contributed by atoms with Crippen LogP contribution < -0.4 is 15.5 Å². The zero-order valence-corrected chi connectivity index (χ0v) is 17.9. The number of carbonyl (C=O) groups is 3. The molecule has 0 radical (unpaired) electrons. The molecule has 1 fully saturated rings. The van der Waals surface area contributed by atoms with Gasteiger partial charge in [-0.05, 0) is 54.8 Å². The summed E-state index contributed by atoms with van der Waals surface area (Å²) in [4.78, 5) is 38.1. The molecule has 29 heavy (non-hydrogen) atoms. The van der Waals surface area contributed by atoms with Crippen LogP contribution in [-0.2, 0) is 9.59 Å². The van der Waals surface area contributed by atoms with E-state index in [0.29, 0.717) is 18.5 Å². The summed E-state index contributed by atoms with van der Waals surface area (Å²) in [5, 5.41) is 5.59. The third-order valence-corrected chi connectivity index (χ3v) is 5.47. The van der Waals surface area contributed by atoms with Crippen LogP contribution in [0.1, 0.15) is 48.1 Å². The molecule has 7 heteroatoms. The molecule has 0 bridgehead atoms. The Kier molecular flexibility index (Phi) is 7.04. The smallest absolute Gasteiger partial charge is 0.251 e. The quantitative estimate of drug-likeness (QED) is 0.666. The normalized spacial score (nSPS) is 14.6. The summed E-state index contributed by atoms with van der Waals surface area (Å²) in [5.74, 6) is -0.460. The van der Waals surface area contributed by atoms with E-state index in [4.69, 9.17) is 0 Å². The highest BCUT2D eigenvalue weighted by Gasteiger charge is 2.21. The molecule has 1 aliphatic rings. The molecule has 0 aliphatic carbocycles. The van der Waals surface area contributed by atoms with Gasteiger partial charge >= 0.3 is 0 Å². The van der Waals surface area contributed by atoms with E-state index >= 15 is 0 Å². The number of nitrogens with one attached hydrogen (secondary N) is 2. The summed E-state index contributed by atoms with van der Waals surface area (Å²) in [5.41, 5.74) is 2.26. The predicted molar refractivity (Wildman–Crippen MR) is 116 cm³/mol. The molecule has 152 valence electrons. The molecule has 3 rings (SSSR count). The van der Waals surface area contributed by atoms with E-state index in [-0.39, 0.29) is 30.3 Å². The van der Waals surface area contributed by atoms with Gasteiger partial charge in [0.1, 0.15) is 0 Å². The fourth-order valence-electron chi connectivity index (χ4n) is 3.34. The largest absolute Gasteiger partial charge is 0.348 e. The van der Waals surface area contributed by atoms with Crippen LogP contribution in [0.3, 0.4) is 0 Å². The number of hydrogen-bond donors (Lipinski definition) is 2. The van der Waals surface area contributed by atoms with E-state index in [1.54, 1.807) is 29.2 Å². The zero-order valence-electron chi connectivity index (χ0n) is 16.3. The number of halogens is 1. The standard InChI is InChI=1S/C22H24BrN3O3/c1-2-19(15-5-9-17(23)10-6-15)25-20(27)14-24-22(29)16-7-11-18(12-8-16)26-13-3-4-21(26)28/h5-12,19H,2-4,13-14H2,1H3,(H,24,29)(H,25,27). The minimum Gasteiger partial charge on any atom is -0.348 e. The lowest BCUT2D eigenvalue weighted by Gasteiger charge is -2.18. The highest BCUT2D eigenvalue weighted by atomic mass is 79.9. The Labute approximate surface area is 178 Å². The predicted octanol–water partition coefficient (Wildman–Crippen LogP) is 3.57. The van der Waals surface area contributed by atoms with Crippen molar-refractivity contribution in [2.24, 2.45) is 0 Å². The number of anilines is 1. The van der Waals surface area contributed by atoms with Crippen LogP contribution in [0.5, 0.6) is 0 Å². The maximum Gasteiger partial charge on any atom is 0.251 e. The lowest BCUT2D eigenvalue weighted by atomic mass is 10.0. The molecule has 3 amide bonds. The Morgan fingerprint density at radius 3 is 2.38 bits per heavy atom. The van der Waals surface area contributed by atoms with Crippen LogP contribution in [0, 0.1) is 0 Å². The molecule has 2 aromatic rings. The lowest BCUT2D eigenvalue weighted by Crippen LogP contribution is -2.38. The molecule has 6 nitrogen and oxygen atoms in total. The van der Waals surface area contributed by atoms with E-state index in [1.807, 2.05) is 31.2 Å². The minimum atomic E-state index is -0.323. The minimum absolute atomic E-state index is 0.0990. The van der Waals surface area contributed by atoms with Crippen molar-refractivity contribution in [3.63, 3.8) is 0 Å². The van der Waals surface area contributed by atoms with Gasteiger partial charge < -0.3 is 15.5 Å². The lowest BCUT2D eigenvalue weighted by molar-refractivity contribution is -0.121. The van der Waals surface area contributed by atoms with Crippen LogP contribution >= 0.6 is 15.9 Å². The second-order valence-electron chi connectivity index (χ2n) is 6.96. The van der Waals surface area contributed by atoms with Gasteiger partial charge in [0.25, 0.3) is 5.91 Å². The van der Waals surface area contributed by atoms with Gasteiger partial charge in [0.15, 0.2) is 0 Å². The molecule has 2 N–H and O–H groups in total. The van der Waals surface area contributed by atoms with Crippen molar-refractivity contribution in [2.75, 3.05) is 18.0 Å². The molecule has 0 spiro atoms. The van der Waals surface area contributed by atoms with Crippen LogP contribution in [-0.4, -0.2) is 30.8 Å². The summed E-state index contributed by atoms with van der Waals surface area (Å²) in [6.07, 6.45) is 2.17. The molecule has 1 atom stereocenters. The summed E-state index contributed by atoms with van der Waals surface area (Å²) in [6, 6.07) is 14.6. The Bertz CT molecular complexity index is 881. The maximum atomic E-state index is 12.3. The van der Waals surface area contributed by atoms with Gasteiger partial charge in [-0.25, -0.2) is 0 Å². The fraction of sp³-hybridized carbons (Fsp3) is 0.318. The highest BCUT2D eigenvalue weighted by Crippen LogP contribution is 2.22. The van der Waals surface area contributed by atoms with E-state index in [9.17, 15) is 14.4 Å². The third kappa shape index (κ3) is 5.44. The van der Waals surface area contributed by atoms with Crippen LogP contribution in [0.2, 0.25) is 0 Å². The fourth-order valence-corrected chi connectivity index (χ4v) is 3.60. The van der Waals surface area contributed by atoms with E-state index in [0.717, 1.165) is 28.6 Å². The van der Waals surface area contributed by atoms with Crippen molar-refractivity contribution >= 4 is 39.3 Å². The Balaban J connectivity index is 1.52. The van der Waals surface area contributed by atoms with Crippen molar-refractivity contribution in [1.82, 2.24) is 10.6 Å². The molecular weight excluding hydrogens is 434 g/mol. The first kappa shape index (κ1) is 21.0. The number of amides is 3. The van der Waals surface area contributed by atoms with Crippen molar-refractivity contribution in [2.45, 2.75) is 32.2 Å². The van der Waals surface area contributed by atoms with Gasteiger partial charge in [0, 0.05) is 28.7 Å². The second-order valence-corrected chi connectivity index (χ2v) is 7.87. The number of nitrogens with zero attached hydrogens (tertiary/aromatic N) is 1. The van der Waals surface area contributed by atoms with Crippen molar-refractivity contribution in [3.05, 3.63) is 64.1 Å². The molecule has 2 aromatic carbocycles. The van der Waals surface area contributed by atoms with E-state index < -0.39 is 0 Å². The van der Waals surface area contributed by atoms with E-state index in [1.165, 1.54) is 0 Å². The molecular formula is C22H24BrN3O3. The molecule has 0 aromatic heterocycles. The molecule has 1 heterocycles. The van der Waals surface area contributed by atoms with E-state index in [2.05, 4.69) is 26.6 Å². The van der Waals surface area contributed by atoms with Gasteiger partial charge in [-0.15, -0.1) is 0 Å². The number of benzene rings is 2. The van der Waals surface area contributed by atoms with Gasteiger partial charge in [0.2, 0.25) is 11.8 Å². The van der Waals surface area contributed by atoms with Crippen molar-refractivity contribution in [3.8, 4) is 0 Å². The first-order valence-electron chi connectivity index (χ1n) is 9.71. The van der Waals surface area contributed by atoms with Crippen LogP contribution in [0.4, 0.5) is 5.69 Å². The summed E-state index contributed by atoms with van der Waals surface area (Å²) < 4.78 is 0.981. The van der Waals surface area contributed by atoms with Crippen molar-refractivity contribution < 1.29 is 14.4 Å². The number of rotatable bonds is 7. The first-order chi connectivity index (χ1) is 14.0. The van der Waals surface area contributed by atoms with Gasteiger partial charge in [0.05, 0.1) is 12.6 Å². The monoisotopic (exact) mass is 457 g/mol. The molecule has 1 aliphatic heterocycles. The summed E-state index contributed by atoms with van der Waals surface area (Å²) in [6.45, 7) is 2.61. The topological polar surface area (TPSA) is 78.5 Å². The average molecular weight is 458 g/mol. The maximum absolute atomic E-state index is 12.3. The third-order valence-electron chi connectivity index (χ3n) is 4.94. The Morgan fingerprint density at radius 2 is 1.79 bits per heavy atom. The van der Waals surface area contributed by atoms with Gasteiger partial charge in [-0.3, -0.25) is 14.4 Å². The zero-order chi connectivity index (χ0) is 20.8. The van der Waals surface area contributed by atoms with Crippen LogP contribution in [0.15, 0.2) is 53.0 Å². The number of hydrogen-bond acceptors (Lipinski definition) is 3. The Hall–Kier alpha value is -2.67. The summed E-state index contributed by atoms with van der Waals surface area (Å²) >= 11 is 3.40.